The van der Waals surface area contributed by atoms with Crippen LogP contribution in [0.1, 0.15) is 58.3 Å². The van der Waals surface area contributed by atoms with E-state index in [1.807, 2.05) is 0 Å². The molecular weight excluding hydrogens is 224 g/mol. The van der Waals surface area contributed by atoms with Gasteiger partial charge < -0.3 is 5.32 Å². The lowest BCUT2D eigenvalue weighted by atomic mass is 10.1. The predicted molar refractivity (Wildman–Crippen MR) is 75.8 cm³/mol. The molecule has 0 atom stereocenters. The van der Waals surface area contributed by atoms with E-state index in [0.29, 0.717) is 5.95 Å². The van der Waals surface area contributed by atoms with Crippen LogP contribution in [-0.4, -0.2) is 21.7 Å². The molecule has 18 heavy (non-hydrogen) atoms. The summed E-state index contributed by atoms with van der Waals surface area (Å²) in [6.45, 7) is 9.65. The molecule has 1 aromatic rings. The molecule has 0 aliphatic carbocycles. The van der Waals surface area contributed by atoms with Crippen LogP contribution in [-0.2, 0) is 12.8 Å². The third-order valence-corrected chi connectivity index (χ3v) is 3.00. The van der Waals surface area contributed by atoms with Crippen LogP contribution in [0.4, 0.5) is 5.95 Å². The number of unbranched alkanes of at least 4 members (excludes halogenated alkanes) is 1. The molecular formula is C14H26N4. The van der Waals surface area contributed by atoms with Crippen molar-refractivity contribution in [1.29, 1.82) is 0 Å². The van der Waals surface area contributed by atoms with Crippen LogP contribution < -0.4 is 5.32 Å². The van der Waals surface area contributed by atoms with Crippen LogP contribution in [0.2, 0.25) is 0 Å². The summed E-state index contributed by atoms with van der Waals surface area (Å²) in [6.07, 6.45) is 5.53. The molecule has 0 aliphatic rings. The number of aryl methyl sites for hydroxylation is 2. The molecule has 0 saturated heterocycles. The van der Waals surface area contributed by atoms with E-state index >= 15 is 0 Å². The fourth-order valence-corrected chi connectivity index (χ4v) is 1.89. The molecule has 1 aromatic heterocycles. The molecule has 4 nitrogen and oxygen atoms in total. The first-order chi connectivity index (χ1) is 8.67. The number of hydrogen-bond acceptors (Lipinski definition) is 4. The van der Waals surface area contributed by atoms with E-state index in [-0.39, 0.29) is 0 Å². The van der Waals surface area contributed by atoms with Crippen molar-refractivity contribution in [2.75, 3.05) is 11.9 Å². The number of anilines is 1. The van der Waals surface area contributed by atoms with Crippen molar-refractivity contribution in [3.63, 3.8) is 0 Å². The summed E-state index contributed by atoms with van der Waals surface area (Å²) in [7, 11) is 0. The van der Waals surface area contributed by atoms with Crippen LogP contribution in [0.25, 0.3) is 0 Å². The molecule has 0 bridgehead atoms. The zero-order chi connectivity index (χ0) is 13.4. The Morgan fingerprint density at radius 3 is 2.33 bits per heavy atom. The van der Waals surface area contributed by atoms with Gasteiger partial charge in [-0.25, -0.2) is 4.98 Å². The molecule has 0 spiro atoms. The highest BCUT2D eigenvalue weighted by Gasteiger charge is 2.05. The van der Waals surface area contributed by atoms with Gasteiger partial charge >= 0.3 is 0 Å². The maximum atomic E-state index is 4.51. The molecule has 0 aromatic carbocycles. The molecule has 0 aliphatic heterocycles. The minimum Gasteiger partial charge on any atom is -0.353 e. The summed E-state index contributed by atoms with van der Waals surface area (Å²) in [5, 5.41) is 11.6. The second kappa shape index (κ2) is 8.01. The fraction of sp³-hybridized carbons (Fsp3) is 0.786. The van der Waals surface area contributed by atoms with Crippen LogP contribution in [0.15, 0.2) is 0 Å². The molecule has 0 fully saturated rings. The van der Waals surface area contributed by atoms with Gasteiger partial charge in [-0.3, -0.25) is 0 Å². The van der Waals surface area contributed by atoms with Crippen LogP contribution >= 0.6 is 0 Å². The van der Waals surface area contributed by atoms with Crippen molar-refractivity contribution in [3.8, 4) is 0 Å². The first-order valence-electron chi connectivity index (χ1n) is 7.13. The van der Waals surface area contributed by atoms with Crippen molar-refractivity contribution < 1.29 is 0 Å². The average Bonchev–Trinajstić information content (AvgIpc) is 2.37. The normalized spacial score (nSPS) is 10.9. The third kappa shape index (κ3) is 4.98. The van der Waals surface area contributed by atoms with E-state index in [1.165, 1.54) is 19.3 Å². The lowest BCUT2D eigenvalue weighted by Crippen LogP contribution is -2.10. The number of hydrogen-bond donors (Lipinski definition) is 1. The highest BCUT2D eigenvalue weighted by Crippen LogP contribution is 2.08. The Bertz CT molecular complexity index is 350. The SMILES string of the molecule is CCc1nnc(NCCCCC(C)C)nc1CC. The quantitative estimate of drug-likeness (QED) is 0.720. The van der Waals surface area contributed by atoms with Gasteiger partial charge in [0, 0.05) is 6.54 Å². The van der Waals surface area contributed by atoms with Crippen molar-refractivity contribution in [2.24, 2.45) is 5.92 Å². The molecule has 0 unspecified atom stereocenters. The molecule has 0 amide bonds. The summed E-state index contributed by atoms with van der Waals surface area (Å²) in [5.41, 5.74) is 2.08. The highest BCUT2D eigenvalue weighted by molar-refractivity contribution is 5.25. The number of nitrogens with one attached hydrogen (secondary N) is 1. The number of aromatic nitrogens is 3. The smallest absolute Gasteiger partial charge is 0.242 e. The van der Waals surface area contributed by atoms with Crippen molar-refractivity contribution in [2.45, 2.75) is 59.8 Å². The fourth-order valence-electron chi connectivity index (χ4n) is 1.89. The zero-order valence-electron chi connectivity index (χ0n) is 12.2. The van der Waals surface area contributed by atoms with Crippen LogP contribution in [0, 0.1) is 5.92 Å². The van der Waals surface area contributed by atoms with Crippen molar-refractivity contribution in [3.05, 3.63) is 11.4 Å². The average molecular weight is 250 g/mol. The second-order valence-corrected chi connectivity index (χ2v) is 5.05. The maximum absolute atomic E-state index is 4.51. The summed E-state index contributed by atoms with van der Waals surface area (Å²) in [4.78, 5) is 4.51. The van der Waals surface area contributed by atoms with Crippen molar-refractivity contribution in [1.82, 2.24) is 15.2 Å². The Kier molecular flexibility index (Phi) is 6.61. The lowest BCUT2D eigenvalue weighted by Gasteiger charge is -2.08. The topological polar surface area (TPSA) is 50.7 Å². The minimum atomic E-state index is 0.675. The van der Waals surface area contributed by atoms with E-state index < -0.39 is 0 Å². The van der Waals surface area contributed by atoms with Crippen LogP contribution in [0.3, 0.4) is 0 Å². The largest absolute Gasteiger partial charge is 0.353 e. The summed E-state index contributed by atoms with van der Waals surface area (Å²) >= 11 is 0. The number of nitrogens with zero attached hydrogens (tertiary/aromatic N) is 3. The Morgan fingerprint density at radius 1 is 1.00 bits per heavy atom. The second-order valence-electron chi connectivity index (χ2n) is 5.05. The first-order valence-corrected chi connectivity index (χ1v) is 7.13. The molecule has 1 rings (SSSR count). The van der Waals surface area contributed by atoms with E-state index in [4.69, 9.17) is 0 Å². The zero-order valence-corrected chi connectivity index (χ0v) is 12.2. The number of rotatable bonds is 8. The van der Waals surface area contributed by atoms with Gasteiger partial charge in [0.05, 0.1) is 11.4 Å². The van der Waals surface area contributed by atoms with Gasteiger partial charge in [0.15, 0.2) is 0 Å². The monoisotopic (exact) mass is 250 g/mol. The molecule has 0 saturated carbocycles. The van der Waals surface area contributed by atoms with Gasteiger partial charge in [0.25, 0.3) is 0 Å². The van der Waals surface area contributed by atoms with Gasteiger partial charge in [-0.2, -0.15) is 5.10 Å². The first kappa shape index (κ1) is 14.9. The van der Waals surface area contributed by atoms with Crippen molar-refractivity contribution >= 4 is 5.95 Å². The van der Waals surface area contributed by atoms with E-state index in [1.54, 1.807) is 0 Å². The molecule has 4 heteroatoms. The predicted octanol–water partition coefficient (Wildman–Crippen LogP) is 3.23. The Labute approximate surface area is 111 Å². The Morgan fingerprint density at radius 2 is 1.72 bits per heavy atom. The van der Waals surface area contributed by atoms with Gasteiger partial charge in [-0.15, -0.1) is 5.10 Å². The van der Waals surface area contributed by atoms with E-state index in [9.17, 15) is 0 Å². The van der Waals surface area contributed by atoms with Gasteiger partial charge in [-0.1, -0.05) is 40.5 Å². The summed E-state index contributed by atoms with van der Waals surface area (Å²) in [6, 6.07) is 0. The molecule has 1 heterocycles. The van der Waals surface area contributed by atoms with Gasteiger partial charge in [-0.05, 0) is 25.2 Å². The van der Waals surface area contributed by atoms with E-state index in [2.05, 4.69) is 48.2 Å². The minimum absolute atomic E-state index is 0.675. The maximum Gasteiger partial charge on any atom is 0.242 e. The van der Waals surface area contributed by atoms with Crippen LogP contribution in [0.5, 0.6) is 0 Å². The van der Waals surface area contributed by atoms with E-state index in [0.717, 1.165) is 36.7 Å². The standard InChI is InChI=1S/C14H26N4/c1-5-12-13(6-2)17-18-14(16-12)15-10-8-7-9-11(3)4/h11H,5-10H2,1-4H3,(H,15,16,18). The highest BCUT2D eigenvalue weighted by atomic mass is 15.2. The molecule has 102 valence electrons. The Balaban J connectivity index is 2.38. The third-order valence-electron chi connectivity index (χ3n) is 3.00. The molecule has 1 N–H and O–H groups in total. The Hall–Kier alpha value is -1.19. The lowest BCUT2D eigenvalue weighted by molar-refractivity contribution is 0.544. The summed E-state index contributed by atoms with van der Waals surface area (Å²) < 4.78 is 0. The van der Waals surface area contributed by atoms with Gasteiger partial charge in [0.1, 0.15) is 0 Å². The van der Waals surface area contributed by atoms with Gasteiger partial charge in [0.2, 0.25) is 5.95 Å². The molecule has 0 radical (unpaired) electrons. The summed E-state index contributed by atoms with van der Waals surface area (Å²) in [5.74, 6) is 1.46.